The van der Waals surface area contributed by atoms with Gasteiger partial charge in [0.05, 0.1) is 13.1 Å². The minimum Gasteiger partial charge on any atom is -0.543 e. The molecule has 22 nitrogen and oxygen atoms in total. The summed E-state index contributed by atoms with van der Waals surface area (Å²) in [5.74, 6) is 5.91. The number of H-pyrrole nitrogens is 3. The van der Waals surface area contributed by atoms with Gasteiger partial charge in [0, 0.05) is 142 Å². The number of phenols is 1. The number of aryl methyl sites for hydroxylation is 2. The number of aromatic hydroxyl groups is 1. The van der Waals surface area contributed by atoms with Gasteiger partial charge in [-0.15, -0.1) is 0 Å². The van der Waals surface area contributed by atoms with Gasteiger partial charge >= 0.3 is 12.2 Å². The highest BCUT2D eigenvalue weighted by Crippen LogP contribution is 2.51. The van der Waals surface area contributed by atoms with Gasteiger partial charge in [0.1, 0.15) is 45.7 Å². The van der Waals surface area contributed by atoms with Gasteiger partial charge in [-0.3, -0.25) is 0 Å². The first-order valence-electron chi connectivity index (χ1n) is 56.3. The molecule has 16 rings (SSSR count). The third-order valence-electron chi connectivity index (χ3n) is 33.4. The van der Waals surface area contributed by atoms with Crippen molar-refractivity contribution < 1.29 is 46.3 Å². The number of fused-ring (bicyclic) bond motifs is 14. The first kappa shape index (κ1) is 119. The highest BCUT2D eigenvalue weighted by atomic mass is 28.4. The second-order valence-electron chi connectivity index (χ2n) is 49.6. The maximum Gasteiger partial charge on any atom is 0.410 e. The fraction of sp³-hybridized carbons (Fsp3) is 0.603. The van der Waals surface area contributed by atoms with Crippen molar-refractivity contribution in [2.45, 2.75) is 414 Å². The largest absolute Gasteiger partial charge is 0.543 e. The number of nitrogens with one attached hydrogen (secondary N) is 6. The number of anilines is 1. The summed E-state index contributed by atoms with van der Waals surface area (Å²) in [6.45, 7) is 90.1. The lowest BCUT2D eigenvalue weighted by molar-refractivity contribution is 0.0211. The quantitative estimate of drug-likeness (QED) is 0.0156. The number of nitrogens with zero attached hydrogens (tertiary/aromatic N) is 4. The first-order chi connectivity index (χ1) is 69.4. The van der Waals surface area contributed by atoms with Gasteiger partial charge in [0.15, 0.2) is 0 Å². The summed E-state index contributed by atoms with van der Waals surface area (Å²) >= 11 is 0. The Morgan fingerprint density at radius 3 is 1.14 bits per heavy atom. The van der Waals surface area contributed by atoms with E-state index in [1.54, 1.807) is 11.0 Å². The highest BCUT2D eigenvalue weighted by Gasteiger charge is 2.52. The summed E-state index contributed by atoms with van der Waals surface area (Å²) in [6, 6.07) is 38.3. The smallest absolute Gasteiger partial charge is 0.410 e. The molecule has 0 fully saturated rings. The van der Waals surface area contributed by atoms with Crippen LogP contribution in [0.5, 0.6) is 34.5 Å². The molecular formula is C121H194N12O10Si5. The molecule has 0 spiro atoms. The number of hydrogen-bond acceptors (Lipinski definition) is 15. The number of aromatic nitrogens is 5. The lowest BCUT2D eigenvalue weighted by Crippen LogP contribution is -2.50. The van der Waals surface area contributed by atoms with E-state index in [0.717, 1.165) is 122 Å². The van der Waals surface area contributed by atoms with E-state index < -0.39 is 52.8 Å². The number of nitrogens with two attached hydrogens (primary N) is 2. The van der Waals surface area contributed by atoms with Crippen molar-refractivity contribution in [2.75, 3.05) is 51.1 Å². The molecule has 5 aliphatic heterocycles. The third-order valence-corrected chi connectivity index (χ3v) is 63.4. The topological polar surface area (TPSA) is 271 Å². The SMILES string of the molecule is CC(C)[Si](Oc1ccc2[nH]c3c(c2c1)CCN(C(=O)OC(C)(C)C)C3)(C(C)C)C(C)C.CC(C)[Si](Oc1ccc2[nH]c3c(c2c1)CCNC3)(C(C)C)C(C)C.CC(C)[Si](Oc1ccc2[nH]cc(CCN)c2c1)(C(C)C)C(C)C.CC(C)[Si](Oc1ccc2c(c1)c1c(n2C)CN(C(=O)OC(C)(C)C)CC1)(C(C)C)C(C)C.CC(C)[Si](Oc1ccc2c(c1)c1c(n2C)CNCC1)(C(C)C)C(C)C.NCCC1CNc2ccc(O)cc21. The molecule has 0 aliphatic carbocycles. The monoisotopic (exact) mass is 2120 g/mol. The normalized spacial score (nSPS) is 15.3. The van der Waals surface area contributed by atoms with E-state index in [2.05, 4.69) is 359 Å². The van der Waals surface area contributed by atoms with Gasteiger partial charge in [-0.1, -0.05) is 208 Å². The molecule has 6 aromatic carbocycles. The number of phenolic OH excluding ortho intramolecular Hbond substituents is 1. The van der Waals surface area contributed by atoms with Crippen molar-refractivity contribution in [1.29, 1.82) is 0 Å². The van der Waals surface area contributed by atoms with E-state index in [9.17, 15) is 14.7 Å². The molecule has 0 saturated heterocycles. The van der Waals surface area contributed by atoms with Crippen LogP contribution in [0, 0.1) is 0 Å². The van der Waals surface area contributed by atoms with Crippen LogP contribution >= 0.6 is 0 Å². The van der Waals surface area contributed by atoms with Crippen LogP contribution in [0.1, 0.15) is 318 Å². The first-order valence-corrected chi connectivity index (χ1v) is 67.0. The van der Waals surface area contributed by atoms with E-state index in [1.807, 2.05) is 58.6 Å². The molecule has 10 heterocycles. The lowest BCUT2D eigenvalue weighted by Gasteiger charge is -2.42. The third kappa shape index (κ3) is 25.7. The Kier molecular flexibility index (Phi) is 39.9. The molecule has 148 heavy (non-hydrogen) atoms. The van der Waals surface area contributed by atoms with Gasteiger partial charge in [0.25, 0.3) is 41.6 Å². The number of benzene rings is 6. The predicted molar refractivity (Wildman–Crippen MR) is 636 cm³/mol. The molecule has 1 unspecified atom stereocenters. The molecule has 5 aliphatic rings. The maximum atomic E-state index is 12.6. The van der Waals surface area contributed by atoms with Crippen molar-refractivity contribution in [3.05, 3.63) is 172 Å². The summed E-state index contributed by atoms with van der Waals surface area (Å²) in [5, 5.41) is 26.0. The molecule has 0 saturated carbocycles. The molecule has 27 heteroatoms. The van der Waals surface area contributed by atoms with E-state index in [1.165, 1.54) is 93.9 Å². The number of ether oxygens (including phenoxy) is 2. The average molecular weight is 2120 g/mol. The molecule has 2 amide bonds. The minimum absolute atomic E-state index is 0.237. The van der Waals surface area contributed by atoms with Crippen LogP contribution in [-0.2, 0) is 81.9 Å². The summed E-state index contributed by atoms with van der Waals surface area (Å²) in [4.78, 5) is 39.2. The lowest BCUT2D eigenvalue weighted by atomic mass is 9.98. The van der Waals surface area contributed by atoms with Gasteiger partial charge in [0.2, 0.25) is 0 Å². The predicted octanol–water partition coefficient (Wildman–Crippen LogP) is 31.3. The molecular weight excluding hydrogens is 1920 g/mol. The van der Waals surface area contributed by atoms with Crippen molar-refractivity contribution in [2.24, 2.45) is 25.6 Å². The van der Waals surface area contributed by atoms with Crippen molar-refractivity contribution in [3.8, 4) is 34.5 Å². The van der Waals surface area contributed by atoms with Gasteiger partial charge < -0.3 is 98.0 Å². The van der Waals surface area contributed by atoms with Gasteiger partial charge in [-0.25, -0.2) is 9.59 Å². The number of carbonyl (C=O) groups is 2. The van der Waals surface area contributed by atoms with Crippen LogP contribution in [0.25, 0.3) is 54.5 Å². The second kappa shape index (κ2) is 49.4. The summed E-state index contributed by atoms with van der Waals surface area (Å²) < 4.78 is 50.2. The Bertz CT molecular complexity index is 6140. The van der Waals surface area contributed by atoms with Crippen LogP contribution in [-0.4, -0.2) is 150 Å². The van der Waals surface area contributed by atoms with E-state index in [4.69, 9.17) is 43.1 Å². The van der Waals surface area contributed by atoms with Crippen molar-refractivity contribution >= 4 is 114 Å². The van der Waals surface area contributed by atoms with Gasteiger partial charge in [-0.2, -0.15) is 0 Å². The number of rotatable bonds is 29. The fourth-order valence-electron chi connectivity index (χ4n) is 26.8. The zero-order valence-electron chi connectivity index (χ0n) is 98.3. The second-order valence-corrected chi connectivity index (χ2v) is 76.5. The van der Waals surface area contributed by atoms with E-state index in [0.29, 0.717) is 134 Å². The Morgan fingerprint density at radius 1 is 0.392 bits per heavy atom. The highest BCUT2D eigenvalue weighted by molar-refractivity contribution is 6.80. The number of carbonyl (C=O) groups excluding carboxylic acids is 2. The Balaban J connectivity index is 0.000000171. The zero-order chi connectivity index (χ0) is 109. The van der Waals surface area contributed by atoms with Crippen LogP contribution in [0.3, 0.4) is 0 Å². The summed E-state index contributed by atoms with van der Waals surface area (Å²) in [7, 11) is -5.43. The van der Waals surface area contributed by atoms with E-state index >= 15 is 0 Å². The number of aromatic amines is 3. The van der Waals surface area contributed by atoms with Gasteiger partial charge in [-0.05, 0) is 332 Å². The molecule has 11 aromatic rings. The zero-order valence-corrected chi connectivity index (χ0v) is 103. The Hall–Kier alpha value is -8.92. The molecule has 0 bridgehead atoms. The van der Waals surface area contributed by atoms with E-state index in [-0.39, 0.29) is 12.2 Å². The molecule has 11 N–H and O–H groups in total. The molecule has 0 radical (unpaired) electrons. The maximum absolute atomic E-state index is 12.6. The Labute approximate surface area is 895 Å². The van der Waals surface area contributed by atoms with Crippen molar-refractivity contribution in [3.63, 3.8) is 0 Å². The van der Waals surface area contributed by atoms with Crippen LogP contribution in [0.2, 0.25) is 83.1 Å². The number of amides is 2. The molecule has 1 atom stereocenters. The Morgan fingerprint density at radius 2 is 0.736 bits per heavy atom. The van der Waals surface area contributed by atoms with Crippen LogP contribution in [0.15, 0.2) is 115 Å². The summed E-state index contributed by atoms with van der Waals surface area (Å²) in [5.41, 5.74) is 39.1. The van der Waals surface area contributed by atoms with Crippen LogP contribution in [0.4, 0.5) is 15.3 Å². The van der Waals surface area contributed by atoms with Crippen LogP contribution < -0.4 is 49.5 Å². The average Bonchev–Trinajstić information content (AvgIpc) is 1.59. The number of hydrogen-bond donors (Lipinski definition) is 9. The standard InChI is InChI=1S/C26H42N2O3Si.C25H40N2O3Si.C21H34N2OSi.C20H32N2OSi.C19H32N2OSi.C10H14N2O/c1-17(2)32(18(3)4,19(5)6)31-20-11-12-23-22(15-20)21-13-14-28(16-24(21)27(23)10)25(29)30-26(7,8)9;1-16(2)31(17(3)4,18(5)6)30-19-10-11-22-21(14-19)20-12-13-27(15-23(20)26-22)24(28)29-25(7,8)9;1-14(2)25(15(3)4,16(5)6)24-17-8-9-20-19(12-17)18-10-11-22-13-21(18)23(20)7;1-13(2)24(14(3)4,15(5)6)23-16-7-8-19-18(11-16)17-9-10-21-12-20(17)22-19;1-13(2)23(14(3)4,15(5)6)22-17-7-8-19-18(11-17)16(9-10-20)12-21-19;11-4-3-7-6-12-10-2-1-8(13)5-9(7)10/h11-12,15,17-19H,13-14,16H2,1-10H3;10-11,14,16-18,26H,12-13,15H2,1-9H3;8-9,12,14-16,22H,10-11,13H2,1-7H3;7-8,11,13-15,21-22H,9-10,12H2,1-6H3;7-8,11-15,21H,9-10,20H2,1-6H3;1-2,5,7,12-13H,3-4,6,11H2. The summed E-state index contributed by atoms with van der Waals surface area (Å²) in [6.07, 6.45) is 7.31. The van der Waals surface area contributed by atoms with Crippen molar-refractivity contribution in [1.82, 2.24) is 44.5 Å². The molecule has 5 aromatic heterocycles. The fourth-order valence-corrected chi connectivity index (χ4v) is 53.0. The minimum atomic E-state index is -2.01. The molecule has 818 valence electrons.